The third-order valence-electron chi connectivity index (χ3n) is 8.26. The van der Waals surface area contributed by atoms with Crippen LogP contribution in [0.2, 0.25) is 5.02 Å². The summed E-state index contributed by atoms with van der Waals surface area (Å²) in [5, 5.41) is 10.5. The second-order valence-electron chi connectivity index (χ2n) is 11.3. The maximum absolute atomic E-state index is 12.1. The number of benzene rings is 2. The number of carboxylic acid groups (broad SMARTS) is 1. The zero-order valence-electron chi connectivity index (χ0n) is 23.3. The fourth-order valence-electron chi connectivity index (χ4n) is 5.86. The third-order valence-corrected chi connectivity index (χ3v) is 8.51. The number of aryl methyl sites for hydroxylation is 1. The van der Waals surface area contributed by atoms with Crippen LogP contribution in [0, 0.1) is 24.2 Å². The first-order valence-electron chi connectivity index (χ1n) is 13.4. The smallest absolute Gasteiger partial charge is 0.327 e. The number of amides is 3. The molecule has 2 aliphatic rings. The average molecular weight is 556 g/mol. The van der Waals surface area contributed by atoms with Gasteiger partial charge in [0.05, 0.1) is 12.5 Å². The monoisotopic (exact) mass is 555 g/mol. The highest BCUT2D eigenvalue weighted by Crippen LogP contribution is 2.59. The van der Waals surface area contributed by atoms with Crippen molar-refractivity contribution in [2.24, 2.45) is 17.3 Å². The van der Waals surface area contributed by atoms with Crippen LogP contribution in [0.1, 0.15) is 49.9 Å². The summed E-state index contributed by atoms with van der Waals surface area (Å²) in [6.45, 7) is 10.1. The van der Waals surface area contributed by atoms with Gasteiger partial charge < -0.3 is 14.7 Å². The molecule has 1 heterocycles. The Balaban J connectivity index is 1.48. The van der Waals surface area contributed by atoms with Crippen molar-refractivity contribution in [1.29, 1.82) is 0 Å². The lowest BCUT2D eigenvalue weighted by Gasteiger charge is -2.32. The van der Waals surface area contributed by atoms with Crippen molar-refractivity contribution in [3.05, 3.63) is 64.2 Å². The largest absolute Gasteiger partial charge is 0.491 e. The molecule has 1 N–H and O–H groups in total. The van der Waals surface area contributed by atoms with E-state index in [2.05, 4.69) is 17.9 Å². The number of hydrogen-bond donors (Lipinski definition) is 1. The number of ether oxygens (including phenoxy) is 1. The molecule has 0 aromatic heterocycles. The molecular weight excluding hydrogens is 518 g/mol. The molecule has 2 aromatic rings. The van der Waals surface area contributed by atoms with Crippen LogP contribution in [0.3, 0.4) is 0 Å². The van der Waals surface area contributed by atoms with Crippen molar-refractivity contribution >= 4 is 29.5 Å². The van der Waals surface area contributed by atoms with Gasteiger partial charge in [-0.25, -0.2) is 4.79 Å². The summed E-state index contributed by atoms with van der Waals surface area (Å²) in [7, 11) is 1.61. The van der Waals surface area contributed by atoms with E-state index in [9.17, 15) is 19.5 Å². The molecule has 1 saturated carbocycles. The number of carbonyl (C=O) groups is 3. The Bertz CT molecular complexity index is 1230. The lowest BCUT2D eigenvalue weighted by molar-refractivity contribution is -0.139. The first-order chi connectivity index (χ1) is 18.4. The summed E-state index contributed by atoms with van der Waals surface area (Å²) in [5.74, 6) is -0.527. The van der Waals surface area contributed by atoms with E-state index in [4.69, 9.17) is 16.3 Å². The van der Waals surface area contributed by atoms with E-state index >= 15 is 0 Å². The highest BCUT2D eigenvalue weighted by Gasteiger charge is 2.62. The van der Waals surface area contributed by atoms with Gasteiger partial charge in [-0.15, -0.1) is 0 Å². The van der Waals surface area contributed by atoms with Gasteiger partial charge in [0.15, 0.2) is 0 Å². The van der Waals surface area contributed by atoms with E-state index in [1.54, 1.807) is 7.05 Å². The van der Waals surface area contributed by atoms with Gasteiger partial charge in [0.1, 0.15) is 18.9 Å². The zero-order valence-corrected chi connectivity index (χ0v) is 24.1. The molecule has 1 aliphatic carbocycles. The Labute approximate surface area is 235 Å². The van der Waals surface area contributed by atoms with Crippen molar-refractivity contribution in [2.75, 3.05) is 33.3 Å². The molecule has 210 valence electrons. The summed E-state index contributed by atoms with van der Waals surface area (Å²) >= 11 is 6.15. The van der Waals surface area contributed by atoms with Gasteiger partial charge in [-0.2, -0.15) is 0 Å². The standard InChI is InChI=1S/C30H38ClN3O5/c1-6-24(21-8-10-22(31)11-9-21)33(17-23-27(28(36)37)30(23,3)4)16-20-7-12-25(19(2)15-20)39-14-13-34-26(35)18-32(5)29(34)38/h7-12,15,23-24,27H,6,13-14,16-18H2,1-5H3,(H,36,37)/t23-,24?,27?/m1/s1. The van der Waals surface area contributed by atoms with Gasteiger partial charge in [0, 0.05) is 31.2 Å². The highest BCUT2D eigenvalue weighted by atomic mass is 35.5. The number of rotatable bonds is 12. The molecule has 2 aromatic carbocycles. The van der Waals surface area contributed by atoms with Gasteiger partial charge >= 0.3 is 12.0 Å². The van der Waals surface area contributed by atoms with Crippen LogP contribution in [0.25, 0.3) is 0 Å². The summed E-state index contributed by atoms with van der Waals surface area (Å²) in [6, 6.07) is 13.7. The molecule has 2 unspecified atom stereocenters. The van der Waals surface area contributed by atoms with Crippen LogP contribution in [0.15, 0.2) is 42.5 Å². The van der Waals surface area contributed by atoms with E-state index < -0.39 is 5.97 Å². The Morgan fingerprint density at radius 2 is 1.90 bits per heavy atom. The summed E-state index contributed by atoms with van der Waals surface area (Å²) in [5.41, 5.74) is 2.96. The van der Waals surface area contributed by atoms with Crippen molar-refractivity contribution < 1.29 is 24.2 Å². The molecule has 4 rings (SSSR count). The summed E-state index contributed by atoms with van der Waals surface area (Å²) in [6.07, 6.45) is 0.871. The van der Waals surface area contributed by atoms with Gasteiger partial charge in [-0.3, -0.25) is 19.4 Å². The molecule has 3 amide bonds. The number of imide groups is 1. The van der Waals surface area contributed by atoms with Gasteiger partial charge in [-0.1, -0.05) is 56.6 Å². The molecule has 39 heavy (non-hydrogen) atoms. The highest BCUT2D eigenvalue weighted by molar-refractivity contribution is 6.30. The van der Waals surface area contributed by atoms with Crippen LogP contribution in [0.5, 0.6) is 5.75 Å². The molecule has 0 spiro atoms. The Morgan fingerprint density at radius 1 is 1.21 bits per heavy atom. The lowest BCUT2D eigenvalue weighted by atomic mass is 10.00. The van der Waals surface area contributed by atoms with Gasteiger partial charge in [0.25, 0.3) is 0 Å². The molecule has 9 heteroatoms. The molecule has 1 aliphatic heterocycles. The number of likely N-dealkylation sites (N-methyl/N-ethyl adjacent to an activating group) is 1. The maximum atomic E-state index is 12.1. The van der Waals surface area contributed by atoms with Crippen LogP contribution in [-0.4, -0.2) is 71.0 Å². The van der Waals surface area contributed by atoms with E-state index in [-0.39, 0.29) is 54.9 Å². The zero-order chi connectivity index (χ0) is 28.5. The summed E-state index contributed by atoms with van der Waals surface area (Å²) < 4.78 is 5.93. The van der Waals surface area contributed by atoms with Gasteiger partial charge in [-0.05, 0) is 59.6 Å². The second-order valence-corrected chi connectivity index (χ2v) is 11.7. The van der Waals surface area contributed by atoms with E-state index in [0.29, 0.717) is 23.9 Å². The molecule has 0 radical (unpaired) electrons. The predicted molar refractivity (Wildman–Crippen MR) is 150 cm³/mol. The first kappa shape index (κ1) is 28.9. The number of aliphatic carboxylic acids is 1. The number of halogens is 1. The van der Waals surface area contributed by atoms with Crippen molar-refractivity contribution in [3.63, 3.8) is 0 Å². The second kappa shape index (κ2) is 11.6. The number of hydrogen-bond acceptors (Lipinski definition) is 5. The van der Waals surface area contributed by atoms with E-state index in [1.165, 1.54) is 9.80 Å². The first-order valence-corrected chi connectivity index (χ1v) is 13.8. The van der Waals surface area contributed by atoms with Crippen molar-refractivity contribution in [3.8, 4) is 5.75 Å². The van der Waals surface area contributed by atoms with E-state index in [1.807, 2.05) is 57.2 Å². The fourth-order valence-corrected chi connectivity index (χ4v) is 5.99. The quantitative estimate of drug-likeness (QED) is 0.361. The van der Waals surface area contributed by atoms with Crippen LogP contribution < -0.4 is 4.74 Å². The minimum absolute atomic E-state index is 0.0649. The molecule has 0 bridgehead atoms. The lowest BCUT2D eigenvalue weighted by Crippen LogP contribution is -2.35. The van der Waals surface area contributed by atoms with Crippen LogP contribution >= 0.6 is 11.6 Å². The van der Waals surface area contributed by atoms with Crippen molar-refractivity contribution in [2.45, 2.75) is 46.7 Å². The van der Waals surface area contributed by atoms with Crippen LogP contribution in [-0.2, 0) is 16.1 Å². The van der Waals surface area contributed by atoms with Crippen molar-refractivity contribution in [1.82, 2.24) is 14.7 Å². The Morgan fingerprint density at radius 3 is 2.44 bits per heavy atom. The fraction of sp³-hybridized carbons (Fsp3) is 0.500. The molecule has 1 saturated heterocycles. The van der Waals surface area contributed by atoms with Crippen LogP contribution in [0.4, 0.5) is 4.79 Å². The molecular formula is C30H38ClN3O5. The number of urea groups is 1. The third kappa shape index (κ3) is 6.23. The SMILES string of the molecule is CCC(c1ccc(Cl)cc1)N(Cc1ccc(OCCN2C(=O)CN(C)C2=O)c(C)c1)C[C@@H]1C(C(=O)O)C1(C)C. The molecule has 2 fully saturated rings. The minimum Gasteiger partial charge on any atom is -0.491 e. The van der Waals surface area contributed by atoms with Gasteiger partial charge in [0.2, 0.25) is 5.91 Å². The Hall–Kier alpha value is -3.10. The predicted octanol–water partition coefficient (Wildman–Crippen LogP) is 5.23. The van der Waals surface area contributed by atoms with E-state index in [0.717, 1.165) is 23.1 Å². The number of nitrogens with zero attached hydrogens (tertiary/aromatic N) is 3. The molecule has 3 atom stereocenters. The average Bonchev–Trinajstić information content (AvgIpc) is 3.33. The minimum atomic E-state index is -0.731. The number of carbonyl (C=O) groups excluding carboxylic acids is 2. The topological polar surface area (TPSA) is 90.4 Å². The summed E-state index contributed by atoms with van der Waals surface area (Å²) in [4.78, 5) is 41.0. The Kier molecular flexibility index (Phi) is 8.57. The maximum Gasteiger partial charge on any atom is 0.327 e. The molecule has 8 nitrogen and oxygen atoms in total. The normalized spacial score (nSPS) is 21.0. The number of carboxylic acids is 1.